The Hall–Kier alpha value is -1.31. The molecule has 0 aliphatic carbocycles. The molecule has 1 aromatic rings. The summed E-state index contributed by atoms with van der Waals surface area (Å²) < 4.78 is 0. The topological polar surface area (TPSA) is 29.1 Å². The Morgan fingerprint density at radius 1 is 1.44 bits per heavy atom. The molecule has 1 aliphatic rings. The summed E-state index contributed by atoms with van der Waals surface area (Å²) >= 11 is 0. The van der Waals surface area contributed by atoms with Gasteiger partial charge in [-0.15, -0.1) is 0 Å². The van der Waals surface area contributed by atoms with Crippen molar-refractivity contribution in [2.45, 2.75) is 45.1 Å². The molecule has 0 aromatic heterocycles. The first-order chi connectivity index (χ1) is 7.63. The number of hydrogen-bond donors (Lipinski definition) is 1. The number of carbonyl (C=O) groups is 1. The number of benzene rings is 1. The smallest absolute Gasteiger partial charge is 0.220 e. The summed E-state index contributed by atoms with van der Waals surface area (Å²) in [5, 5.41) is 3.15. The molecule has 2 nitrogen and oxygen atoms in total. The molecule has 1 N–H and O–H groups in total. The fourth-order valence-electron chi connectivity index (χ4n) is 2.51. The van der Waals surface area contributed by atoms with Crippen molar-refractivity contribution in [1.29, 1.82) is 0 Å². The molecular formula is C14H19NO. The van der Waals surface area contributed by atoms with Gasteiger partial charge in [0.05, 0.1) is 0 Å². The second kappa shape index (κ2) is 4.28. The largest absolute Gasteiger partial charge is 0.350 e. The second-order valence-electron chi connectivity index (χ2n) is 4.85. The van der Waals surface area contributed by atoms with E-state index in [9.17, 15) is 4.79 Å². The van der Waals surface area contributed by atoms with Crippen LogP contribution in [-0.4, -0.2) is 11.4 Å². The van der Waals surface area contributed by atoms with Gasteiger partial charge in [0.1, 0.15) is 0 Å². The van der Waals surface area contributed by atoms with E-state index < -0.39 is 0 Å². The van der Waals surface area contributed by atoms with Crippen LogP contribution in [0.25, 0.3) is 0 Å². The van der Waals surface area contributed by atoms with Crippen molar-refractivity contribution in [3.05, 3.63) is 35.4 Å². The summed E-state index contributed by atoms with van der Waals surface area (Å²) in [4.78, 5) is 11.4. The zero-order valence-corrected chi connectivity index (χ0v) is 10.0. The predicted molar refractivity (Wildman–Crippen MR) is 65.3 cm³/mol. The molecule has 1 unspecified atom stereocenters. The van der Waals surface area contributed by atoms with E-state index in [2.05, 4.69) is 43.4 Å². The van der Waals surface area contributed by atoms with Crippen LogP contribution in [0.4, 0.5) is 0 Å². The Kier molecular flexibility index (Phi) is 2.99. The van der Waals surface area contributed by atoms with Crippen LogP contribution in [0, 0.1) is 6.92 Å². The third-order valence-corrected chi connectivity index (χ3v) is 3.54. The van der Waals surface area contributed by atoms with Crippen LogP contribution in [0.2, 0.25) is 0 Å². The summed E-state index contributed by atoms with van der Waals surface area (Å²) in [6.07, 6.45) is 3.61. The predicted octanol–water partition coefficient (Wildman–Crippen LogP) is 2.60. The van der Waals surface area contributed by atoms with Crippen LogP contribution in [0.15, 0.2) is 24.3 Å². The standard InChI is InChI=1S/C14H19NO/c1-3-14(8-7-13(16)15-14)10-12-6-4-5-11(2)9-12/h4-6,9H,3,7-8,10H2,1-2H3,(H,15,16). The maximum Gasteiger partial charge on any atom is 0.220 e. The highest BCUT2D eigenvalue weighted by atomic mass is 16.2. The minimum atomic E-state index is 0.00484. The van der Waals surface area contributed by atoms with Gasteiger partial charge in [0.15, 0.2) is 0 Å². The monoisotopic (exact) mass is 217 g/mol. The summed E-state index contributed by atoms with van der Waals surface area (Å²) in [5.74, 6) is 0.203. The molecule has 1 aliphatic heterocycles. The van der Waals surface area contributed by atoms with Gasteiger partial charge in [0.25, 0.3) is 0 Å². The van der Waals surface area contributed by atoms with Crippen molar-refractivity contribution >= 4 is 5.91 Å². The normalized spacial score (nSPS) is 24.5. The third-order valence-electron chi connectivity index (χ3n) is 3.54. The van der Waals surface area contributed by atoms with Crippen molar-refractivity contribution in [2.24, 2.45) is 0 Å². The van der Waals surface area contributed by atoms with E-state index in [4.69, 9.17) is 0 Å². The number of amides is 1. The SMILES string of the molecule is CCC1(Cc2cccc(C)c2)CCC(=O)N1. The van der Waals surface area contributed by atoms with Crippen LogP contribution in [0.1, 0.15) is 37.3 Å². The average Bonchev–Trinajstić information content (AvgIpc) is 2.61. The molecule has 1 saturated heterocycles. The first-order valence-corrected chi connectivity index (χ1v) is 6.00. The lowest BCUT2D eigenvalue weighted by atomic mass is 9.86. The van der Waals surface area contributed by atoms with E-state index in [-0.39, 0.29) is 11.4 Å². The lowest BCUT2D eigenvalue weighted by Crippen LogP contribution is -2.42. The lowest BCUT2D eigenvalue weighted by Gasteiger charge is -2.28. The fraction of sp³-hybridized carbons (Fsp3) is 0.500. The Bertz CT molecular complexity index is 399. The molecule has 1 fully saturated rings. The van der Waals surface area contributed by atoms with Crippen molar-refractivity contribution in [1.82, 2.24) is 5.32 Å². The van der Waals surface area contributed by atoms with Crippen molar-refractivity contribution in [2.75, 3.05) is 0 Å². The number of carbonyl (C=O) groups excluding carboxylic acids is 1. The van der Waals surface area contributed by atoms with Crippen LogP contribution >= 0.6 is 0 Å². The zero-order chi connectivity index (χ0) is 11.6. The highest BCUT2D eigenvalue weighted by Crippen LogP contribution is 2.28. The summed E-state index contributed by atoms with van der Waals surface area (Å²) in [6.45, 7) is 4.26. The van der Waals surface area contributed by atoms with Gasteiger partial charge in [-0.1, -0.05) is 36.8 Å². The van der Waals surface area contributed by atoms with Crippen molar-refractivity contribution < 1.29 is 4.79 Å². The van der Waals surface area contributed by atoms with Gasteiger partial charge in [0, 0.05) is 12.0 Å². The molecule has 1 heterocycles. The van der Waals surface area contributed by atoms with Crippen LogP contribution in [0.5, 0.6) is 0 Å². The molecule has 0 radical (unpaired) electrons. The van der Waals surface area contributed by atoms with Crippen LogP contribution in [0.3, 0.4) is 0 Å². The van der Waals surface area contributed by atoms with Crippen LogP contribution < -0.4 is 5.32 Å². The zero-order valence-electron chi connectivity index (χ0n) is 10.0. The number of aryl methyl sites for hydroxylation is 1. The molecule has 86 valence electrons. The molecule has 1 atom stereocenters. The Balaban J connectivity index is 2.16. The lowest BCUT2D eigenvalue weighted by molar-refractivity contribution is -0.119. The number of nitrogens with one attached hydrogen (secondary N) is 1. The third kappa shape index (κ3) is 2.26. The Labute approximate surface area is 97.1 Å². The molecular weight excluding hydrogens is 198 g/mol. The van der Waals surface area contributed by atoms with Crippen molar-refractivity contribution in [3.63, 3.8) is 0 Å². The molecule has 1 amide bonds. The molecule has 16 heavy (non-hydrogen) atoms. The van der Waals surface area contributed by atoms with Gasteiger partial charge in [-0.05, 0) is 31.7 Å². The highest BCUT2D eigenvalue weighted by Gasteiger charge is 2.35. The first-order valence-electron chi connectivity index (χ1n) is 6.00. The molecule has 2 heteroatoms. The Morgan fingerprint density at radius 2 is 2.25 bits per heavy atom. The molecule has 0 bridgehead atoms. The van der Waals surface area contributed by atoms with Gasteiger partial charge in [0.2, 0.25) is 5.91 Å². The van der Waals surface area contributed by atoms with Gasteiger partial charge >= 0.3 is 0 Å². The Morgan fingerprint density at radius 3 is 2.81 bits per heavy atom. The van der Waals surface area contributed by atoms with Gasteiger partial charge in [-0.2, -0.15) is 0 Å². The number of rotatable bonds is 3. The molecule has 2 rings (SSSR count). The minimum absolute atomic E-state index is 0.00484. The highest BCUT2D eigenvalue weighted by molar-refractivity contribution is 5.79. The summed E-state index contributed by atoms with van der Waals surface area (Å²) in [6, 6.07) is 8.55. The molecule has 1 aromatic carbocycles. The molecule has 0 spiro atoms. The average molecular weight is 217 g/mol. The second-order valence-corrected chi connectivity index (χ2v) is 4.85. The minimum Gasteiger partial charge on any atom is -0.350 e. The van der Waals surface area contributed by atoms with E-state index >= 15 is 0 Å². The molecule has 0 saturated carbocycles. The van der Waals surface area contributed by atoms with E-state index in [0.29, 0.717) is 6.42 Å². The van der Waals surface area contributed by atoms with E-state index in [1.54, 1.807) is 0 Å². The van der Waals surface area contributed by atoms with Gasteiger partial charge in [-0.3, -0.25) is 4.79 Å². The van der Waals surface area contributed by atoms with E-state index in [1.807, 2.05) is 0 Å². The van der Waals surface area contributed by atoms with E-state index in [1.165, 1.54) is 11.1 Å². The maximum absolute atomic E-state index is 11.4. The quantitative estimate of drug-likeness (QED) is 0.828. The van der Waals surface area contributed by atoms with E-state index in [0.717, 1.165) is 19.3 Å². The first kappa shape index (κ1) is 11.2. The number of hydrogen-bond acceptors (Lipinski definition) is 1. The van der Waals surface area contributed by atoms with Gasteiger partial charge < -0.3 is 5.32 Å². The van der Waals surface area contributed by atoms with Crippen molar-refractivity contribution in [3.8, 4) is 0 Å². The van der Waals surface area contributed by atoms with Crippen LogP contribution in [-0.2, 0) is 11.2 Å². The maximum atomic E-state index is 11.4. The summed E-state index contributed by atoms with van der Waals surface area (Å²) in [7, 11) is 0. The van der Waals surface area contributed by atoms with Gasteiger partial charge in [-0.25, -0.2) is 0 Å². The fourth-order valence-corrected chi connectivity index (χ4v) is 2.51. The summed E-state index contributed by atoms with van der Waals surface area (Å²) in [5.41, 5.74) is 2.61.